The van der Waals surface area contributed by atoms with Crippen molar-refractivity contribution in [1.82, 2.24) is 10.3 Å². The molecule has 1 aliphatic heterocycles. The molecular weight excluding hydrogens is 464 g/mol. The van der Waals surface area contributed by atoms with E-state index in [4.69, 9.17) is 10.5 Å². The molecule has 2 heterocycles. The molecule has 37 heavy (non-hydrogen) atoms. The second-order valence-corrected chi connectivity index (χ2v) is 10.4. The second-order valence-electron chi connectivity index (χ2n) is 10.4. The summed E-state index contributed by atoms with van der Waals surface area (Å²) in [6.07, 6.45) is 6.00. The van der Waals surface area contributed by atoms with Gasteiger partial charge in [0.25, 0.3) is 0 Å². The van der Waals surface area contributed by atoms with E-state index in [-0.39, 0.29) is 17.9 Å². The third-order valence-corrected chi connectivity index (χ3v) is 7.47. The van der Waals surface area contributed by atoms with Gasteiger partial charge in [-0.25, -0.2) is 4.98 Å². The monoisotopic (exact) mass is 498 g/mol. The molecule has 0 bridgehead atoms. The van der Waals surface area contributed by atoms with Crippen molar-refractivity contribution in [3.8, 4) is 22.3 Å². The summed E-state index contributed by atoms with van der Waals surface area (Å²) in [7, 11) is 0. The van der Waals surface area contributed by atoms with E-state index < -0.39 is 5.54 Å². The Labute approximate surface area is 217 Å². The molecule has 7 heteroatoms. The molecule has 1 saturated carbocycles. The van der Waals surface area contributed by atoms with Crippen LogP contribution in [0.1, 0.15) is 44.6 Å². The molecular formula is C30H34N4O3. The zero-order valence-corrected chi connectivity index (χ0v) is 21.2. The number of rotatable bonds is 7. The molecule has 0 unspecified atom stereocenters. The number of nitrogens with zero attached hydrogens (tertiary/aromatic N) is 1. The lowest BCUT2D eigenvalue weighted by atomic mass is 9.84. The van der Waals surface area contributed by atoms with Crippen LogP contribution in [0, 0.1) is 5.92 Å². The summed E-state index contributed by atoms with van der Waals surface area (Å²) >= 11 is 0. The van der Waals surface area contributed by atoms with Gasteiger partial charge in [0.2, 0.25) is 11.8 Å². The number of carbonyl (C=O) groups excluding carboxylic acids is 2. The van der Waals surface area contributed by atoms with E-state index in [1.807, 2.05) is 30.5 Å². The van der Waals surface area contributed by atoms with Crippen molar-refractivity contribution < 1.29 is 14.3 Å². The fraction of sp³-hybridized carbons (Fsp3) is 0.367. The average Bonchev–Trinajstić information content (AvgIpc) is 2.89. The zero-order chi connectivity index (χ0) is 25.8. The van der Waals surface area contributed by atoms with E-state index in [0.29, 0.717) is 31.4 Å². The minimum atomic E-state index is -0.406. The summed E-state index contributed by atoms with van der Waals surface area (Å²) in [5, 5.41) is 6.01. The van der Waals surface area contributed by atoms with Gasteiger partial charge in [0.1, 0.15) is 5.82 Å². The molecule has 0 atom stereocenters. The first-order chi connectivity index (χ1) is 17.9. The SMILES string of the molecule is CC(=O)N[C@H]1CC[C@H](CC(=O)Nc2cc(-c3ccccc3)c(-c3ccc(C4(N)COC4)cc3)cn2)CC1. The summed E-state index contributed by atoms with van der Waals surface area (Å²) in [5.74, 6) is 0.853. The molecule has 0 spiro atoms. The predicted octanol–water partition coefficient (Wildman–Crippen LogP) is 4.62. The molecule has 2 fully saturated rings. The van der Waals surface area contributed by atoms with Crippen LogP contribution in [0.2, 0.25) is 0 Å². The molecule has 1 saturated heterocycles. The van der Waals surface area contributed by atoms with Crippen molar-refractivity contribution >= 4 is 17.6 Å². The van der Waals surface area contributed by atoms with Gasteiger partial charge >= 0.3 is 0 Å². The average molecular weight is 499 g/mol. The molecule has 7 nitrogen and oxygen atoms in total. The number of pyridine rings is 1. The number of nitrogens with one attached hydrogen (secondary N) is 2. The summed E-state index contributed by atoms with van der Waals surface area (Å²) in [5.41, 5.74) is 11.1. The quantitative estimate of drug-likeness (QED) is 0.441. The molecule has 2 aromatic carbocycles. The first-order valence-electron chi connectivity index (χ1n) is 13.0. The smallest absolute Gasteiger partial charge is 0.225 e. The van der Waals surface area contributed by atoms with Gasteiger partial charge in [-0.3, -0.25) is 9.59 Å². The van der Waals surface area contributed by atoms with Gasteiger partial charge in [0.05, 0.1) is 18.8 Å². The minimum Gasteiger partial charge on any atom is -0.377 e. The van der Waals surface area contributed by atoms with E-state index in [2.05, 4.69) is 52.0 Å². The summed E-state index contributed by atoms with van der Waals surface area (Å²) in [4.78, 5) is 28.8. The lowest BCUT2D eigenvalue weighted by molar-refractivity contribution is -0.120. The summed E-state index contributed by atoms with van der Waals surface area (Å²) in [6, 6.07) is 20.6. The Kier molecular flexibility index (Phi) is 7.35. The van der Waals surface area contributed by atoms with Crippen LogP contribution in [0.15, 0.2) is 66.9 Å². The number of hydrogen-bond acceptors (Lipinski definition) is 5. The third-order valence-electron chi connectivity index (χ3n) is 7.47. The molecule has 4 N–H and O–H groups in total. The maximum Gasteiger partial charge on any atom is 0.225 e. The van der Waals surface area contributed by atoms with Crippen molar-refractivity contribution in [1.29, 1.82) is 0 Å². The van der Waals surface area contributed by atoms with Gasteiger partial charge in [-0.2, -0.15) is 0 Å². The first-order valence-corrected chi connectivity index (χ1v) is 13.0. The van der Waals surface area contributed by atoms with E-state index in [9.17, 15) is 9.59 Å². The van der Waals surface area contributed by atoms with Crippen LogP contribution in [0.3, 0.4) is 0 Å². The molecule has 2 amide bonds. The molecule has 192 valence electrons. The van der Waals surface area contributed by atoms with Crippen molar-refractivity contribution in [3.63, 3.8) is 0 Å². The van der Waals surface area contributed by atoms with E-state index in [0.717, 1.165) is 53.5 Å². The largest absolute Gasteiger partial charge is 0.377 e. The van der Waals surface area contributed by atoms with E-state index in [1.54, 1.807) is 6.92 Å². The fourth-order valence-corrected chi connectivity index (χ4v) is 5.34. The lowest BCUT2D eigenvalue weighted by Crippen LogP contribution is -2.54. The Morgan fingerprint density at radius 1 is 0.973 bits per heavy atom. The second kappa shape index (κ2) is 10.8. The molecule has 0 radical (unpaired) electrons. The molecule has 1 aliphatic carbocycles. The minimum absolute atomic E-state index is 0.0112. The van der Waals surface area contributed by atoms with Crippen molar-refractivity contribution in [2.45, 2.75) is 50.6 Å². The highest BCUT2D eigenvalue weighted by Crippen LogP contribution is 2.35. The Bertz CT molecular complexity index is 1250. The normalized spacial score (nSPS) is 20.5. The summed E-state index contributed by atoms with van der Waals surface area (Å²) < 4.78 is 5.31. The number of carbonyl (C=O) groups is 2. The maximum atomic E-state index is 12.9. The van der Waals surface area contributed by atoms with E-state index >= 15 is 0 Å². The van der Waals surface area contributed by atoms with E-state index in [1.165, 1.54) is 0 Å². The zero-order valence-electron chi connectivity index (χ0n) is 21.2. The summed E-state index contributed by atoms with van der Waals surface area (Å²) in [6.45, 7) is 2.62. The number of hydrogen-bond donors (Lipinski definition) is 3. The van der Waals surface area contributed by atoms with Crippen LogP contribution >= 0.6 is 0 Å². The van der Waals surface area contributed by atoms with Gasteiger partial charge < -0.3 is 21.1 Å². The molecule has 1 aromatic heterocycles. The van der Waals surface area contributed by atoms with Gasteiger partial charge in [0.15, 0.2) is 0 Å². The lowest BCUT2D eigenvalue weighted by Gasteiger charge is -2.38. The Balaban J connectivity index is 1.31. The Morgan fingerprint density at radius 3 is 2.27 bits per heavy atom. The topological polar surface area (TPSA) is 106 Å². The van der Waals surface area contributed by atoms with Gasteiger partial charge in [-0.1, -0.05) is 54.6 Å². The Morgan fingerprint density at radius 2 is 1.65 bits per heavy atom. The standard InChI is InChI=1S/C30H34N4O3/c1-20(35)33-25-13-7-21(8-14-25)15-29(36)34-28-16-26(22-5-3-2-4-6-22)27(17-32-28)23-9-11-24(12-10-23)30(31)18-37-19-30/h2-6,9-12,16-17,21,25H,7-8,13-15,18-19,31H2,1H3,(H,33,35)(H,32,34,36)/t21-,25-. The van der Waals surface area contributed by atoms with Crippen molar-refractivity contribution in [2.75, 3.05) is 18.5 Å². The van der Waals surface area contributed by atoms with Crippen molar-refractivity contribution in [2.24, 2.45) is 11.7 Å². The highest BCUT2D eigenvalue weighted by atomic mass is 16.5. The third kappa shape index (κ3) is 5.89. The van der Waals surface area contributed by atoms with Crippen LogP contribution in [0.25, 0.3) is 22.3 Å². The number of anilines is 1. The highest BCUT2D eigenvalue weighted by Gasteiger charge is 2.35. The highest BCUT2D eigenvalue weighted by molar-refractivity contribution is 5.92. The van der Waals surface area contributed by atoms with Gasteiger partial charge in [-0.15, -0.1) is 0 Å². The molecule has 2 aliphatic rings. The predicted molar refractivity (Wildman–Crippen MR) is 145 cm³/mol. The molecule has 5 rings (SSSR count). The van der Waals surface area contributed by atoms with Crippen LogP contribution in [-0.2, 0) is 19.9 Å². The Hall–Kier alpha value is -3.55. The molecule has 3 aromatic rings. The number of ether oxygens (including phenoxy) is 1. The fourth-order valence-electron chi connectivity index (χ4n) is 5.34. The van der Waals surface area contributed by atoms with Gasteiger partial charge in [-0.05, 0) is 59.9 Å². The van der Waals surface area contributed by atoms with Crippen molar-refractivity contribution in [3.05, 3.63) is 72.4 Å². The van der Waals surface area contributed by atoms with Crippen LogP contribution < -0.4 is 16.4 Å². The first kappa shape index (κ1) is 25.1. The van der Waals surface area contributed by atoms with Crippen LogP contribution in [0.4, 0.5) is 5.82 Å². The number of nitrogens with two attached hydrogens (primary N) is 1. The van der Waals surface area contributed by atoms with Crippen LogP contribution in [0.5, 0.6) is 0 Å². The van der Waals surface area contributed by atoms with Crippen LogP contribution in [-0.4, -0.2) is 36.1 Å². The number of benzene rings is 2. The number of amides is 2. The van der Waals surface area contributed by atoms with Gasteiger partial charge in [0, 0.05) is 31.1 Å². The number of aromatic nitrogens is 1. The maximum absolute atomic E-state index is 12.9.